The van der Waals surface area contributed by atoms with Crippen LogP contribution in [0, 0.1) is 11.6 Å². The Bertz CT molecular complexity index is 1470. The van der Waals surface area contributed by atoms with Crippen molar-refractivity contribution in [1.29, 1.82) is 0 Å². The van der Waals surface area contributed by atoms with Gasteiger partial charge in [-0.3, -0.25) is 19.6 Å². The summed E-state index contributed by atoms with van der Waals surface area (Å²) in [5.74, 6) is -4.16. The van der Waals surface area contributed by atoms with E-state index in [4.69, 9.17) is 0 Å². The zero-order valence-electron chi connectivity index (χ0n) is 15.4. The van der Waals surface area contributed by atoms with Gasteiger partial charge in [-0.05, 0) is 23.1 Å². The number of nitrogens with zero attached hydrogens (tertiary/aromatic N) is 1. The van der Waals surface area contributed by atoms with Gasteiger partial charge in [-0.15, -0.1) is 22.7 Å². The van der Waals surface area contributed by atoms with Crippen LogP contribution < -0.4 is 16.6 Å². The second kappa shape index (κ2) is 7.94. The van der Waals surface area contributed by atoms with E-state index in [0.29, 0.717) is 16.5 Å². The van der Waals surface area contributed by atoms with Crippen molar-refractivity contribution >= 4 is 43.9 Å². The van der Waals surface area contributed by atoms with E-state index >= 15 is 0 Å². The molecule has 0 spiro atoms. The van der Waals surface area contributed by atoms with Gasteiger partial charge in [-0.2, -0.15) is 13.2 Å². The van der Waals surface area contributed by atoms with Gasteiger partial charge in [0.15, 0.2) is 5.13 Å². The number of thiazole rings is 1. The Balaban J connectivity index is 1.57. The number of amides is 1. The molecule has 4 rings (SSSR count). The van der Waals surface area contributed by atoms with Crippen molar-refractivity contribution in [3.63, 3.8) is 0 Å². The predicted octanol–water partition coefficient (Wildman–Crippen LogP) is 3.88. The van der Waals surface area contributed by atoms with Gasteiger partial charge in [-0.1, -0.05) is 0 Å². The average molecular weight is 488 g/mol. The number of nitrogens with one attached hydrogen (secondary N) is 3. The molecule has 166 valence electrons. The van der Waals surface area contributed by atoms with Crippen molar-refractivity contribution in [2.45, 2.75) is 12.6 Å². The summed E-state index contributed by atoms with van der Waals surface area (Å²) in [6, 6.07) is 1.31. The number of carbonyl (C=O) groups is 1. The van der Waals surface area contributed by atoms with E-state index in [1.54, 1.807) is 0 Å². The van der Waals surface area contributed by atoms with Gasteiger partial charge in [0.05, 0.1) is 17.5 Å². The van der Waals surface area contributed by atoms with Crippen molar-refractivity contribution in [3.05, 3.63) is 66.5 Å². The molecular formula is C18H9F5N4O3S2. The van der Waals surface area contributed by atoms with Gasteiger partial charge in [0.1, 0.15) is 22.0 Å². The van der Waals surface area contributed by atoms with E-state index < -0.39 is 46.1 Å². The first-order valence-corrected chi connectivity index (χ1v) is 10.3. The van der Waals surface area contributed by atoms with Crippen LogP contribution in [0.2, 0.25) is 0 Å². The van der Waals surface area contributed by atoms with Crippen LogP contribution in [0.15, 0.2) is 32.5 Å². The second-order valence-corrected chi connectivity index (χ2v) is 8.16. The minimum atomic E-state index is -5.23. The molecule has 14 heteroatoms. The number of aromatic nitrogens is 3. The van der Waals surface area contributed by atoms with Crippen LogP contribution in [0.1, 0.15) is 11.1 Å². The lowest BCUT2D eigenvalue weighted by atomic mass is 10.1. The molecule has 3 heterocycles. The van der Waals surface area contributed by atoms with Crippen LogP contribution in [0.25, 0.3) is 21.5 Å². The van der Waals surface area contributed by atoms with Crippen LogP contribution in [0.3, 0.4) is 0 Å². The summed E-state index contributed by atoms with van der Waals surface area (Å²) >= 11 is 1.89. The number of benzene rings is 1. The third kappa shape index (κ3) is 4.05. The smallest absolute Gasteiger partial charge is 0.302 e. The summed E-state index contributed by atoms with van der Waals surface area (Å²) in [6.45, 7) is 0. The number of anilines is 1. The highest BCUT2D eigenvalue weighted by atomic mass is 32.1. The van der Waals surface area contributed by atoms with Crippen LogP contribution in [-0.4, -0.2) is 20.9 Å². The maximum Gasteiger partial charge on any atom is 0.422 e. The Hall–Kier alpha value is -3.39. The topological polar surface area (TPSA) is 108 Å². The maximum atomic E-state index is 14.3. The molecule has 1 aromatic carbocycles. The summed E-state index contributed by atoms with van der Waals surface area (Å²) in [7, 11) is 0. The van der Waals surface area contributed by atoms with Gasteiger partial charge in [0.2, 0.25) is 5.91 Å². The molecule has 1 amide bonds. The molecule has 0 atom stereocenters. The minimum absolute atomic E-state index is 0.0378. The SMILES string of the molecule is O=C(Cc1csc2[nH]c(=O)[nH]c(=O)c12)Nc1nc(-c2ccc(F)c(C(F)(F)F)c2F)cs1. The molecule has 7 nitrogen and oxygen atoms in total. The standard InChI is InChI=1S/C18H9F5N4O3S2/c19-8-2-1-7(13(20)12(8)18(21,22)23)9-5-32-17(24-9)25-10(28)3-6-4-31-15-11(6)14(29)26-16(30)27-15/h1-2,4-5H,3H2,(H,24,25,28)(H2,26,27,29,30). The number of H-pyrrole nitrogens is 2. The Labute approximate surface area is 181 Å². The number of carbonyl (C=O) groups excluding carboxylic acids is 1. The largest absolute Gasteiger partial charge is 0.422 e. The number of hydrogen-bond acceptors (Lipinski definition) is 6. The van der Waals surface area contributed by atoms with Crippen molar-refractivity contribution in [2.24, 2.45) is 0 Å². The van der Waals surface area contributed by atoms with Crippen molar-refractivity contribution in [2.75, 3.05) is 5.32 Å². The summed E-state index contributed by atoms with van der Waals surface area (Å²) in [6.07, 6.45) is -5.49. The molecule has 0 aliphatic heterocycles. The Kier molecular flexibility index (Phi) is 5.42. The first kappa shape index (κ1) is 21.8. The molecule has 0 bridgehead atoms. The number of aromatic amines is 2. The van der Waals surface area contributed by atoms with Crippen LogP contribution in [0.4, 0.5) is 27.1 Å². The van der Waals surface area contributed by atoms with E-state index in [9.17, 15) is 36.3 Å². The van der Waals surface area contributed by atoms with Crippen molar-refractivity contribution in [3.8, 4) is 11.3 Å². The molecule has 0 radical (unpaired) electrons. The van der Waals surface area contributed by atoms with Crippen molar-refractivity contribution in [1.82, 2.24) is 15.0 Å². The van der Waals surface area contributed by atoms with Crippen LogP contribution in [0.5, 0.6) is 0 Å². The minimum Gasteiger partial charge on any atom is -0.302 e. The van der Waals surface area contributed by atoms with Gasteiger partial charge in [0.25, 0.3) is 5.56 Å². The summed E-state index contributed by atoms with van der Waals surface area (Å²) in [5.41, 5.74) is -3.82. The molecule has 3 N–H and O–H groups in total. The maximum absolute atomic E-state index is 14.3. The number of hydrogen-bond donors (Lipinski definition) is 3. The molecule has 0 unspecified atom stereocenters. The summed E-state index contributed by atoms with van der Waals surface area (Å²) in [4.78, 5) is 44.3. The number of halogens is 5. The van der Waals surface area contributed by atoms with E-state index in [1.165, 1.54) is 10.8 Å². The molecule has 32 heavy (non-hydrogen) atoms. The number of alkyl halides is 3. The fraction of sp³-hybridized carbons (Fsp3) is 0.111. The van der Waals surface area contributed by atoms with Crippen LogP contribution >= 0.6 is 22.7 Å². The van der Waals surface area contributed by atoms with Gasteiger partial charge in [-0.25, -0.2) is 18.6 Å². The number of rotatable bonds is 4. The lowest BCUT2D eigenvalue weighted by molar-refractivity contribution is -0.142. The van der Waals surface area contributed by atoms with Gasteiger partial charge in [0, 0.05) is 10.9 Å². The molecule has 3 aromatic heterocycles. The van der Waals surface area contributed by atoms with E-state index in [-0.39, 0.29) is 22.6 Å². The molecule has 0 fully saturated rings. The Morgan fingerprint density at radius 2 is 1.84 bits per heavy atom. The monoisotopic (exact) mass is 488 g/mol. The van der Waals surface area contributed by atoms with Crippen molar-refractivity contribution < 1.29 is 26.7 Å². The molecule has 0 aliphatic carbocycles. The quantitative estimate of drug-likeness (QED) is 0.379. The normalized spacial score (nSPS) is 11.8. The number of fused-ring (bicyclic) bond motifs is 1. The zero-order chi connectivity index (χ0) is 23.2. The molecule has 0 aliphatic rings. The third-order valence-corrected chi connectivity index (χ3v) is 6.00. The number of thiophene rings is 1. The fourth-order valence-electron chi connectivity index (χ4n) is 2.97. The lowest BCUT2D eigenvalue weighted by Crippen LogP contribution is -2.22. The van der Waals surface area contributed by atoms with Gasteiger partial charge < -0.3 is 5.32 Å². The predicted molar refractivity (Wildman–Crippen MR) is 108 cm³/mol. The van der Waals surface area contributed by atoms with E-state index in [0.717, 1.165) is 28.7 Å². The highest BCUT2D eigenvalue weighted by Crippen LogP contribution is 2.38. The fourth-order valence-corrected chi connectivity index (χ4v) is 4.65. The first-order chi connectivity index (χ1) is 15.0. The van der Waals surface area contributed by atoms with Crippen LogP contribution in [-0.2, 0) is 17.4 Å². The summed E-state index contributed by atoms with van der Waals surface area (Å²) in [5, 5.41) is 5.26. The second-order valence-electron chi connectivity index (χ2n) is 6.42. The molecule has 0 saturated carbocycles. The highest BCUT2D eigenvalue weighted by Gasteiger charge is 2.39. The van der Waals surface area contributed by atoms with E-state index in [2.05, 4.69) is 20.3 Å². The molecule has 4 aromatic rings. The summed E-state index contributed by atoms with van der Waals surface area (Å²) < 4.78 is 66.6. The molecule has 0 saturated heterocycles. The Morgan fingerprint density at radius 1 is 1.09 bits per heavy atom. The first-order valence-electron chi connectivity index (χ1n) is 8.58. The molecular weight excluding hydrogens is 479 g/mol. The third-order valence-electron chi connectivity index (χ3n) is 4.30. The Morgan fingerprint density at radius 3 is 2.56 bits per heavy atom. The average Bonchev–Trinajstić information content (AvgIpc) is 3.28. The van der Waals surface area contributed by atoms with E-state index in [1.807, 2.05) is 0 Å². The highest BCUT2D eigenvalue weighted by molar-refractivity contribution is 7.17. The van der Waals surface area contributed by atoms with Gasteiger partial charge >= 0.3 is 11.9 Å². The zero-order valence-corrected chi connectivity index (χ0v) is 17.0. The lowest BCUT2D eigenvalue weighted by Gasteiger charge is -2.11.